The number of aromatic amines is 1. The van der Waals surface area contributed by atoms with Crippen LogP contribution in [-0.4, -0.2) is 52.0 Å². The molecule has 1 fully saturated rings. The molecule has 1 aliphatic rings. The van der Waals surface area contributed by atoms with Crippen LogP contribution in [0.3, 0.4) is 0 Å². The third-order valence-corrected chi connectivity index (χ3v) is 5.02. The zero-order valence-electron chi connectivity index (χ0n) is 15.7. The Balaban J connectivity index is 1.63. The maximum atomic E-state index is 11.5. The number of anilines is 1. The molecule has 1 atom stereocenters. The summed E-state index contributed by atoms with van der Waals surface area (Å²) in [5.41, 5.74) is 2.87. The number of aromatic nitrogens is 3. The monoisotopic (exact) mass is 376 g/mol. The van der Waals surface area contributed by atoms with Gasteiger partial charge in [-0.1, -0.05) is 12.1 Å². The van der Waals surface area contributed by atoms with Crippen LogP contribution in [0.1, 0.15) is 18.9 Å². The van der Waals surface area contributed by atoms with E-state index in [1.165, 1.54) is 0 Å². The molecule has 142 valence electrons. The van der Waals surface area contributed by atoms with E-state index in [0.29, 0.717) is 29.5 Å². The van der Waals surface area contributed by atoms with Gasteiger partial charge in [0.2, 0.25) is 5.91 Å². The first-order valence-electron chi connectivity index (χ1n) is 9.04. The highest BCUT2D eigenvalue weighted by Gasteiger charge is 2.25. The van der Waals surface area contributed by atoms with Gasteiger partial charge in [-0.3, -0.25) is 4.79 Å². The summed E-state index contributed by atoms with van der Waals surface area (Å²) in [7, 11) is 1.55. The Labute approximate surface area is 162 Å². The number of nitrogens with zero attached hydrogens (tertiary/aromatic N) is 4. The Bertz CT molecular complexity index is 1080. The Morgan fingerprint density at radius 3 is 3.04 bits per heavy atom. The molecule has 8 nitrogen and oxygen atoms in total. The maximum absolute atomic E-state index is 11.5. The van der Waals surface area contributed by atoms with Gasteiger partial charge in [-0.05, 0) is 12.5 Å². The number of hydrogen-bond acceptors (Lipinski definition) is 6. The van der Waals surface area contributed by atoms with Crippen molar-refractivity contribution >= 4 is 22.6 Å². The SMILES string of the molecule is COc1nc(-c2c[nH]c3c(C#N)cccc23)cnc1N[C@@H]1CCN(C(C)=O)C1. The first kappa shape index (κ1) is 17.8. The van der Waals surface area contributed by atoms with E-state index in [1.807, 2.05) is 23.2 Å². The van der Waals surface area contributed by atoms with Gasteiger partial charge >= 0.3 is 0 Å². The summed E-state index contributed by atoms with van der Waals surface area (Å²) in [5.74, 6) is 1.03. The van der Waals surface area contributed by atoms with Gasteiger partial charge < -0.3 is 19.9 Å². The van der Waals surface area contributed by atoms with E-state index in [-0.39, 0.29) is 11.9 Å². The largest absolute Gasteiger partial charge is 0.478 e. The number of benzene rings is 1. The normalized spacial score (nSPS) is 16.2. The van der Waals surface area contributed by atoms with E-state index in [0.717, 1.165) is 29.4 Å². The van der Waals surface area contributed by atoms with Crippen molar-refractivity contribution in [3.63, 3.8) is 0 Å². The predicted molar refractivity (Wildman–Crippen MR) is 105 cm³/mol. The lowest BCUT2D eigenvalue weighted by molar-refractivity contribution is -0.127. The molecule has 0 spiro atoms. The zero-order valence-corrected chi connectivity index (χ0v) is 15.7. The van der Waals surface area contributed by atoms with Crippen LogP contribution < -0.4 is 10.1 Å². The number of nitrogens with one attached hydrogen (secondary N) is 2. The van der Waals surface area contributed by atoms with Gasteiger partial charge in [0.25, 0.3) is 5.88 Å². The molecule has 0 bridgehead atoms. The summed E-state index contributed by atoms with van der Waals surface area (Å²) in [6, 6.07) is 7.86. The Hall–Kier alpha value is -3.60. The fraction of sp³-hybridized carbons (Fsp3) is 0.300. The van der Waals surface area contributed by atoms with Crippen LogP contribution in [0.2, 0.25) is 0 Å². The van der Waals surface area contributed by atoms with Crippen molar-refractivity contribution in [3.8, 4) is 23.2 Å². The van der Waals surface area contributed by atoms with E-state index in [2.05, 4.69) is 26.3 Å². The third-order valence-electron chi connectivity index (χ3n) is 5.02. The standard InChI is InChI=1S/C20H20N6O2/c1-12(27)26-7-6-14(11-26)24-19-20(28-2)25-17(10-23-19)16-9-22-18-13(8-21)4-3-5-15(16)18/h3-5,9-10,14,22H,6-7,11H2,1-2H3,(H,23,24)/t14-/m1/s1. The second kappa shape index (κ2) is 7.19. The number of hydrogen-bond donors (Lipinski definition) is 2. The molecule has 0 radical (unpaired) electrons. The fourth-order valence-electron chi connectivity index (χ4n) is 3.56. The highest BCUT2D eigenvalue weighted by Crippen LogP contribution is 2.31. The summed E-state index contributed by atoms with van der Waals surface area (Å²) in [5, 5.41) is 13.5. The quantitative estimate of drug-likeness (QED) is 0.725. The lowest BCUT2D eigenvalue weighted by Crippen LogP contribution is -2.29. The summed E-state index contributed by atoms with van der Waals surface area (Å²) in [6.45, 7) is 2.95. The fourth-order valence-corrected chi connectivity index (χ4v) is 3.56. The van der Waals surface area contributed by atoms with Crippen LogP contribution in [0, 0.1) is 11.3 Å². The number of H-pyrrole nitrogens is 1. The molecule has 4 rings (SSSR count). The molecule has 1 aliphatic heterocycles. The molecule has 1 saturated heterocycles. The molecule has 28 heavy (non-hydrogen) atoms. The van der Waals surface area contributed by atoms with E-state index in [1.54, 1.807) is 26.3 Å². The minimum absolute atomic E-state index is 0.0776. The van der Waals surface area contributed by atoms with Crippen molar-refractivity contribution in [1.82, 2.24) is 19.9 Å². The van der Waals surface area contributed by atoms with Crippen LogP contribution in [0.25, 0.3) is 22.2 Å². The molecule has 2 N–H and O–H groups in total. The Morgan fingerprint density at radius 2 is 2.32 bits per heavy atom. The number of carbonyl (C=O) groups is 1. The second-order valence-electron chi connectivity index (χ2n) is 6.75. The average Bonchev–Trinajstić information content (AvgIpc) is 3.35. The second-order valence-corrected chi connectivity index (χ2v) is 6.75. The number of ether oxygens (including phenoxy) is 1. The molecular weight excluding hydrogens is 356 g/mol. The van der Waals surface area contributed by atoms with E-state index >= 15 is 0 Å². The first-order chi connectivity index (χ1) is 13.6. The number of fused-ring (bicyclic) bond motifs is 1. The molecule has 0 aliphatic carbocycles. The lowest BCUT2D eigenvalue weighted by atomic mass is 10.1. The summed E-state index contributed by atoms with van der Waals surface area (Å²) in [4.78, 5) is 25.6. The minimum atomic E-state index is 0.0776. The molecule has 3 aromatic rings. The Kier molecular flexibility index (Phi) is 4.57. The van der Waals surface area contributed by atoms with Gasteiger partial charge in [0, 0.05) is 43.2 Å². The minimum Gasteiger partial charge on any atom is -0.478 e. The van der Waals surface area contributed by atoms with Crippen molar-refractivity contribution in [2.75, 3.05) is 25.5 Å². The van der Waals surface area contributed by atoms with Crippen LogP contribution in [-0.2, 0) is 4.79 Å². The van der Waals surface area contributed by atoms with Crippen molar-refractivity contribution < 1.29 is 9.53 Å². The zero-order chi connectivity index (χ0) is 19.7. The van der Waals surface area contributed by atoms with Crippen LogP contribution >= 0.6 is 0 Å². The number of carbonyl (C=O) groups excluding carboxylic acids is 1. The number of methoxy groups -OCH3 is 1. The van der Waals surface area contributed by atoms with Crippen molar-refractivity contribution in [3.05, 3.63) is 36.2 Å². The summed E-state index contributed by atoms with van der Waals surface area (Å²) >= 11 is 0. The van der Waals surface area contributed by atoms with E-state index < -0.39 is 0 Å². The maximum Gasteiger partial charge on any atom is 0.257 e. The predicted octanol–water partition coefficient (Wildman–Crippen LogP) is 2.54. The van der Waals surface area contributed by atoms with Gasteiger partial charge in [-0.15, -0.1) is 0 Å². The van der Waals surface area contributed by atoms with Gasteiger partial charge in [0.15, 0.2) is 5.82 Å². The lowest BCUT2D eigenvalue weighted by Gasteiger charge is -2.17. The molecule has 3 heterocycles. The van der Waals surface area contributed by atoms with E-state index in [4.69, 9.17) is 4.74 Å². The number of rotatable bonds is 4. The highest BCUT2D eigenvalue weighted by atomic mass is 16.5. The average molecular weight is 376 g/mol. The molecule has 1 amide bonds. The summed E-state index contributed by atoms with van der Waals surface area (Å²) < 4.78 is 5.45. The molecule has 0 unspecified atom stereocenters. The van der Waals surface area contributed by atoms with Gasteiger partial charge in [-0.25, -0.2) is 9.97 Å². The number of amides is 1. The van der Waals surface area contributed by atoms with Crippen LogP contribution in [0.4, 0.5) is 5.82 Å². The molecule has 8 heteroatoms. The smallest absolute Gasteiger partial charge is 0.257 e. The van der Waals surface area contributed by atoms with E-state index in [9.17, 15) is 10.1 Å². The van der Waals surface area contributed by atoms with Crippen molar-refractivity contribution in [2.24, 2.45) is 0 Å². The molecule has 0 saturated carbocycles. The Morgan fingerprint density at radius 1 is 1.46 bits per heavy atom. The number of para-hydroxylation sites is 1. The first-order valence-corrected chi connectivity index (χ1v) is 9.04. The highest BCUT2D eigenvalue weighted by molar-refractivity contribution is 5.97. The van der Waals surface area contributed by atoms with Gasteiger partial charge in [0.1, 0.15) is 6.07 Å². The number of nitriles is 1. The third kappa shape index (κ3) is 3.11. The van der Waals surface area contributed by atoms with Crippen molar-refractivity contribution in [2.45, 2.75) is 19.4 Å². The van der Waals surface area contributed by atoms with Crippen LogP contribution in [0.15, 0.2) is 30.6 Å². The molecule has 1 aromatic carbocycles. The number of likely N-dealkylation sites (tertiary alicyclic amines) is 1. The molecule has 2 aromatic heterocycles. The topological polar surface area (TPSA) is 107 Å². The van der Waals surface area contributed by atoms with Gasteiger partial charge in [0.05, 0.1) is 30.1 Å². The van der Waals surface area contributed by atoms with Crippen molar-refractivity contribution in [1.29, 1.82) is 5.26 Å². The summed E-state index contributed by atoms with van der Waals surface area (Å²) in [6.07, 6.45) is 4.36. The van der Waals surface area contributed by atoms with Gasteiger partial charge in [-0.2, -0.15) is 5.26 Å². The molecular formula is C20H20N6O2. The van der Waals surface area contributed by atoms with Crippen LogP contribution in [0.5, 0.6) is 5.88 Å².